The van der Waals surface area contributed by atoms with Crippen molar-refractivity contribution in [2.75, 3.05) is 6.61 Å². The van der Waals surface area contributed by atoms with E-state index in [0.717, 1.165) is 0 Å². The summed E-state index contributed by atoms with van der Waals surface area (Å²) in [7, 11) is 0. The molecule has 0 unspecified atom stereocenters. The Labute approximate surface area is 75.7 Å². The Morgan fingerprint density at radius 2 is 2.17 bits per heavy atom. The minimum absolute atomic E-state index is 0.0357. The van der Waals surface area contributed by atoms with Crippen LogP contribution in [0.2, 0.25) is 5.02 Å². The van der Waals surface area contributed by atoms with Crippen LogP contribution in [0.5, 0.6) is 5.75 Å². The minimum Gasteiger partial charge on any atom is -0.508 e. The van der Waals surface area contributed by atoms with Gasteiger partial charge in [0.15, 0.2) is 0 Å². The van der Waals surface area contributed by atoms with Crippen LogP contribution in [0.3, 0.4) is 0 Å². The summed E-state index contributed by atoms with van der Waals surface area (Å²) in [6.07, 6.45) is 3.21. The molecular formula is C9H9ClO2. The zero-order chi connectivity index (χ0) is 8.97. The van der Waals surface area contributed by atoms with Crippen LogP contribution in [0.15, 0.2) is 24.3 Å². The Bertz CT molecular complexity index is 295. The maximum Gasteiger partial charge on any atom is 0.116 e. The molecule has 0 heterocycles. The largest absolute Gasteiger partial charge is 0.508 e. The number of aliphatic hydroxyl groups excluding tert-OH is 1. The van der Waals surface area contributed by atoms with E-state index < -0.39 is 0 Å². The van der Waals surface area contributed by atoms with Crippen LogP contribution < -0.4 is 0 Å². The molecule has 0 aliphatic heterocycles. The summed E-state index contributed by atoms with van der Waals surface area (Å²) in [5.41, 5.74) is 0.700. The fourth-order valence-corrected chi connectivity index (χ4v) is 1.02. The van der Waals surface area contributed by atoms with E-state index in [4.69, 9.17) is 21.8 Å². The van der Waals surface area contributed by atoms with Crippen LogP contribution in [0.1, 0.15) is 5.56 Å². The molecule has 2 nitrogen and oxygen atoms in total. The molecule has 1 aromatic carbocycles. The highest BCUT2D eigenvalue weighted by Crippen LogP contribution is 2.21. The fraction of sp³-hybridized carbons (Fsp3) is 0.111. The molecule has 0 amide bonds. The minimum atomic E-state index is -0.0357. The highest BCUT2D eigenvalue weighted by molar-refractivity contribution is 6.32. The van der Waals surface area contributed by atoms with E-state index in [9.17, 15) is 0 Å². The first-order valence-corrected chi connectivity index (χ1v) is 3.88. The van der Waals surface area contributed by atoms with Gasteiger partial charge in [-0.25, -0.2) is 0 Å². The summed E-state index contributed by atoms with van der Waals surface area (Å²) in [6.45, 7) is -0.0357. The van der Waals surface area contributed by atoms with Gasteiger partial charge < -0.3 is 10.2 Å². The summed E-state index contributed by atoms with van der Waals surface area (Å²) in [6, 6.07) is 4.65. The zero-order valence-corrected chi connectivity index (χ0v) is 7.12. The van der Waals surface area contributed by atoms with E-state index in [2.05, 4.69) is 0 Å². The van der Waals surface area contributed by atoms with Gasteiger partial charge in [-0.3, -0.25) is 0 Å². The second-order valence-corrected chi connectivity index (χ2v) is 2.70. The van der Waals surface area contributed by atoms with E-state index in [1.54, 1.807) is 18.2 Å². The second-order valence-electron chi connectivity index (χ2n) is 2.29. The van der Waals surface area contributed by atoms with Crippen LogP contribution in [0.25, 0.3) is 6.08 Å². The Morgan fingerprint density at radius 1 is 1.42 bits per heavy atom. The molecule has 1 aromatic rings. The summed E-state index contributed by atoms with van der Waals surface area (Å²) in [4.78, 5) is 0. The van der Waals surface area contributed by atoms with Gasteiger partial charge in [0.1, 0.15) is 5.75 Å². The van der Waals surface area contributed by atoms with Crippen molar-refractivity contribution in [3.8, 4) is 5.75 Å². The van der Waals surface area contributed by atoms with Crippen LogP contribution in [0.4, 0.5) is 0 Å². The molecule has 0 bridgehead atoms. The second kappa shape index (κ2) is 4.14. The lowest BCUT2D eigenvalue weighted by Crippen LogP contribution is -1.76. The van der Waals surface area contributed by atoms with Gasteiger partial charge in [0, 0.05) is 5.02 Å². The number of phenolic OH excluding ortho intramolecular Hbond substituents is 1. The molecule has 0 radical (unpaired) electrons. The van der Waals surface area contributed by atoms with Gasteiger partial charge in [-0.15, -0.1) is 0 Å². The Kier molecular flexibility index (Phi) is 3.14. The molecule has 0 saturated carbocycles. The summed E-state index contributed by atoms with van der Waals surface area (Å²) in [5.74, 6) is 0.164. The standard InChI is InChI=1S/C9H9ClO2/c10-9-4-3-8(12)6-7(9)2-1-5-11/h1-4,6,11-12H,5H2/b2-1+. The van der Waals surface area contributed by atoms with Gasteiger partial charge in [-0.05, 0) is 23.8 Å². The van der Waals surface area contributed by atoms with Crippen molar-refractivity contribution in [2.24, 2.45) is 0 Å². The summed E-state index contributed by atoms with van der Waals surface area (Å²) in [5, 5.41) is 18.1. The molecule has 0 spiro atoms. The van der Waals surface area contributed by atoms with Crippen molar-refractivity contribution >= 4 is 17.7 Å². The van der Waals surface area contributed by atoms with E-state index in [1.807, 2.05) is 0 Å². The van der Waals surface area contributed by atoms with E-state index in [-0.39, 0.29) is 12.4 Å². The third kappa shape index (κ3) is 2.26. The number of aliphatic hydroxyl groups is 1. The fourth-order valence-electron chi connectivity index (χ4n) is 0.839. The predicted molar refractivity (Wildman–Crippen MR) is 49.2 cm³/mol. The van der Waals surface area contributed by atoms with Crippen LogP contribution in [0, 0.1) is 0 Å². The van der Waals surface area contributed by atoms with Gasteiger partial charge >= 0.3 is 0 Å². The number of benzene rings is 1. The highest BCUT2D eigenvalue weighted by atomic mass is 35.5. The van der Waals surface area contributed by atoms with Crippen molar-refractivity contribution in [3.63, 3.8) is 0 Å². The number of rotatable bonds is 2. The lowest BCUT2D eigenvalue weighted by atomic mass is 10.2. The van der Waals surface area contributed by atoms with E-state index >= 15 is 0 Å². The predicted octanol–water partition coefficient (Wildman–Crippen LogP) is 2.05. The van der Waals surface area contributed by atoms with Gasteiger partial charge in [0.25, 0.3) is 0 Å². The maximum atomic E-state index is 9.08. The first kappa shape index (κ1) is 9.10. The van der Waals surface area contributed by atoms with Crippen molar-refractivity contribution < 1.29 is 10.2 Å². The first-order chi connectivity index (χ1) is 5.74. The van der Waals surface area contributed by atoms with Crippen molar-refractivity contribution in [3.05, 3.63) is 34.9 Å². The Morgan fingerprint density at radius 3 is 2.83 bits per heavy atom. The van der Waals surface area contributed by atoms with Crippen molar-refractivity contribution in [1.82, 2.24) is 0 Å². The number of halogens is 1. The van der Waals surface area contributed by atoms with E-state index in [1.165, 1.54) is 12.1 Å². The highest BCUT2D eigenvalue weighted by Gasteiger charge is 1.96. The van der Waals surface area contributed by atoms with E-state index in [0.29, 0.717) is 10.6 Å². The average Bonchev–Trinajstić information content (AvgIpc) is 2.07. The van der Waals surface area contributed by atoms with Crippen LogP contribution in [-0.2, 0) is 0 Å². The maximum absolute atomic E-state index is 9.08. The lowest BCUT2D eigenvalue weighted by Gasteiger charge is -1.98. The molecule has 0 aliphatic rings. The third-order valence-corrected chi connectivity index (χ3v) is 1.73. The number of aromatic hydroxyl groups is 1. The molecule has 0 fully saturated rings. The van der Waals surface area contributed by atoms with Gasteiger partial charge in [0.05, 0.1) is 6.61 Å². The monoisotopic (exact) mass is 184 g/mol. The van der Waals surface area contributed by atoms with Gasteiger partial charge in [0.2, 0.25) is 0 Å². The number of hydrogen-bond acceptors (Lipinski definition) is 2. The van der Waals surface area contributed by atoms with Crippen molar-refractivity contribution in [1.29, 1.82) is 0 Å². The Hall–Kier alpha value is -0.990. The van der Waals surface area contributed by atoms with Crippen molar-refractivity contribution in [2.45, 2.75) is 0 Å². The molecule has 0 aromatic heterocycles. The average molecular weight is 185 g/mol. The van der Waals surface area contributed by atoms with Crippen LogP contribution >= 0.6 is 11.6 Å². The molecule has 64 valence electrons. The SMILES string of the molecule is OC/C=C/c1cc(O)ccc1Cl. The molecule has 12 heavy (non-hydrogen) atoms. The third-order valence-electron chi connectivity index (χ3n) is 1.38. The molecule has 2 N–H and O–H groups in total. The number of phenols is 1. The molecule has 0 saturated heterocycles. The Balaban J connectivity index is 2.97. The molecule has 3 heteroatoms. The van der Waals surface area contributed by atoms with Gasteiger partial charge in [-0.1, -0.05) is 23.8 Å². The normalized spacial score (nSPS) is 10.8. The smallest absolute Gasteiger partial charge is 0.116 e. The molecule has 0 atom stereocenters. The van der Waals surface area contributed by atoms with Gasteiger partial charge in [-0.2, -0.15) is 0 Å². The number of hydrogen-bond donors (Lipinski definition) is 2. The lowest BCUT2D eigenvalue weighted by molar-refractivity contribution is 0.343. The zero-order valence-electron chi connectivity index (χ0n) is 6.37. The van der Waals surface area contributed by atoms with Crippen LogP contribution in [-0.4, -0.2) is 16.8 Å². The summed E-state index contributed by atoms with van der Waals surface area (Å²) >= 11 is 5.79. The summed E-state index contributed by atoms with van der Waals surface area (Å²) < 4.78 is 0. The molecular weight excluding hydrogens is 176 g/mol. The topological polar surface area (TPSA) is 40.5 Å². The first-order valence-electron chi connectivity index (χ1n) is 3.50. The molecule has 0 aliphatic carbocycles. The molecule has 1 rings (SSSR count). The quantitative estimate of drug-likeness (QED) is 0.739.